The summed E-state index contributed by atoms with van der Waals surface area (Å²) in [6.07, 6.45) is 2.89. The fourth-order valence-electron chi connectivity index (χ4n) is 3.24. The number of fused-ring (bicyclic) bond motifs is 1. The number of hydrogen-bond donors (Lipinski definition) is 3. The monoisotopic (exact) mass is 438 g/mol. The zero-order valence-electron chi connectivity index (χ0n) is 15.7. The molecule has 7 nitrogen and oxygen atoms in total. The minimum atomic E-state index is -0.227. The predicted octanol–water partition coefficient (Wildman–Crippen LogP) is 3.20. The molecule has 0 bridgehead atoms. The molecular weight excluding hydrogens is 414 g/mol. The first kappa shape index (κ1) is 21.4. The Hall–Kier alpha value is -1.93. The van der Waals surface area contributed by atoms with Gasteiger partial charge in [0.2, 0.25) is 0 Å². The van der Waals surface area contributed by atoms with E-state index in [1.807, 2.05) is 22.9 Å². The zero-order chi connectivity index (χ0) is 20.2. The maximum Gasteiger partial charge on any atom is 0.414 e. The maximum atomic E-state index is 12.8. The summed E-state index contributed by atoms with van der Waals surface area (Å²) in [5, 5.41) is 24.9. The molecule has 1 amide bonds. The Kier molecular flexibility index (Phi) is 7.00. The summed E-state index contributed by atoms with van der Waals surface area (Å²) in [6, 6.07) is 6.02. The molecule has 2 aromatic rings. The van der Waals surface area contributed by atoms with E-state index in [4.69, 9.17) is 9.90 Å². The fourth-order valence-corrected chi connectivity index (χ4v) is 3.60. The molecule has 8 heteroatoms. The fraction of sp³-hybridized carbons (Fsp3) is 0.526. The third-order valence-corrected chi connectivity index (χ3v) is 5.02. The van der Waals surface area contributed by atoms with Gasteiger partial charge < -0.3 is 15.5 Å². The number of carbonyl (C=O) groups is 1. The van der Waals surface area contributed by atoms with Gasteiger partial charge in [-0.15, -0.1) is 0 Å². The van der Waals surface area contributed by atoms with E-state index in [1.54, 1.807) is 0 Å². The van der Waals surface area contributed by atoms with Crippen molar-refractivity contribution in [2.24, 2.45) is 0 Å². The third-order valence-electron chi connectivity index (χ3n) is 4.52. The lowest BCUT2D eigenvalue weighted by atomic mass is 9.93. The molecule has 1 fully saturated rings. The topological polar surface area (TPSA) is 104 Å². The molecule has 1 radical (unpaired) electrons. The van der Waals surface area contributed by atoms with E-state index < -0.39 is 0 Å². The summed E-state index contributed by atoms with van der Waals surface area (Å²) in [5.74, 6) is -0.137. The number of carbonyl (C=O) groups excluding carboxylic acids is 1. The van der Waals surface area contributed by atoms with Crippen molar-refractivity contribution in [3.05, 3.63) is 28.4 Å². The van der Waals surface area contributed by atoms with E-state index in [0.29, 0.717) is 12.2 Å². The van der Waals surface area contributed by atoms with Gasteiger partial charge >= 0.3 is 6.47 Å². The molecule has 0 spiro atoms. The van der Waals surface area contributed by atoms with E-state index in [1.165, 1.54) is 0 Å². The van der Waals surface area contributed by atoms with E-state index >= 15 is 0 Å². The molecule has 27 heavy (non-hydrogen) atoms. The van der Waals surface area contributed by atoms with Crippen LogP contribution in [0.4, 0.5) is 0 Å². The zero-order valence-corrected chi connectivity index (χ0v) is 17.3. The molecule has 1 saturated carbocycles. The Balaban J connectivity index is 0.000000817. The highest BCUT2D eigenvalue weighted by Crippen LogP contribution is 2.28. The normalized spacial score (nSPS) is 19.9. The van der Waals surface area contributed by atoms with Crippen molar-refractivity contribution in [2.75, 3.05) is 0 Å². The molecule has 1 heterocycles. The van der Waals surface area contributed by atoms with Crippen molar-refractivity contribution in [3.63, 3.8) is 0 Å². The van der Waals surface area contributed by atoms with Gasteiger partial charge in [0, 0.05) is 15.9 Å². The molecule has 3 N–H and O–H groups in total. The molecule has 0 atom stereocenters. The Morgan fingerprint density at radius 1 is 1.30 bits per heavy atom. The minimum Gasteiger partial charge on any atom is -0.473 e. The molecule has 0 unspecified atom stereocenters. The number of aliphatic hydroxyl groups excluding tert-OH is 2. The van der Waals surface area contributed by atoms with Crippen LogP contribution in [0.1, 0.15) is 56.9 Å². The van der Waals surface area contributed by atoms with Crippen LogP contribution in [0.2, 0.25) is 0 Å². The average molecular weight is 439 g/mol. The van der Waals surface area contributed by atoms with Crippen LogP contribution < -0.4 is 5.32 Å². The van der Waals surface area contributed by atoms with E-state index in [0.717, 1.165) is 41.1 Å². The van der Waals surface area contributed by atoms with Crippen LogP contribution in [-0.4, -0.2) is 44.5 Å². The summed E-state index contributed by atoms with van der Waals surface area (Å²) >= 11 is 3.48. The standard InChI is InChI=1S/C18H24BrN3O2.CHO2/c1-18(2,3)22-15-9-4-11(19)10-14(15)16(21-22)17(24)20-12-5-7-13(23)8-6-12;2-1-3/h4,9-10,12-13,23H,5-8H2,1-3H3,(H,20,24);(H,2,3). The second-order valence-electron chi connectivity index (χ2n) is 7.66. The average Bonchev–Trinajstić information content (AvgIpc) is 2.96. The Morgan fingerprint density at radius 3 is 2.44 bits per heavy atom. The first-order chi connectivity index (χ1) is 12.7. The van der Waals surface area contributed by atoms with Crippen LogP contribution in [0.15, 0.2) is 22.7 Å². The molecule has 1 aliphatic carbocycles. The predicted molar refractivity (Wildman–Crippen MR) is 106 cm³/mol. The van der Waals surface area contributed by atoms with Gasteiger partial charge in [-0.25, -0.2) is 4.79 Å². The molecule has 1 aliphatic rings. The Bertz CT molecular complexity index is 805. The van der Waals surface area contributed by atoms with Crippen LogP contribution in [0.5, 0.6) is 0 Å². The van der Waals surface area contributed by atoms with Crippen LogP contribution in [0.3, 0.4) is 0 Å². The third kappa shape index (κ3) is 5.29. The summed E-state index contributed by atoms with van der Waals surface area (Å²) in [5.41, 5.74) is 1.21. The SMILES string of the molecule is CC(C)(C)n1nc(C(=O)NC2CCC(O)CC2)c2cc(Br)ccc21.O=[C]O. The number of halogens is 1. The highest BCUT2D eigenvalue weighted by molar-refractivity contribution is 9.10. The minimum absolute atomic E-state index is 0.114. The van der Waals surface area contributed by atoms with Gasteiger partial charge in [-0.2, -0.15) is 5.10 Å². The highest BCUT2D eigenvalue weighted by atomic mass is 79.9. The first-order valence-electron chi connectivity index (χ1n) is 8.86. The molecule has 1 aromatic heterocycles. The summed E-state index contributed by atoms with van der Waals surface area (Å²) in [7, 11) is 0. The number of rotatable bonds is 2. The smallest absolute Gasteiger partial charge is 0.414 e. The van der Waals surface area contributed by atoms with Crippen LogP contribution >= 0.6 is 15.9 Å². The number of amides is 1. The Labute approximate surface area is 166 Å². The van der Waals surface area contributed by atoms with Crippen LogP contribution in [0.25, 0.3) is 10.9 Å². The van der Waals surface area contributed by atoms with Crippen LogP contribution in [0, 0.1) is 0 Å². The second kappa shape index (κ2) is 8.84. The lowest BCUT2D eigenvalue weighted by molar-refractivity contribution is 0.0863. The molecule has 3 rings (SSSR count). The number of benzene rings is 1. The van der Waals surface area contributed by atoms with Crippen molar-refractivity contribution in [1.29, 1.82) is 0 Å². The lowest BCUT2D eigenvalue weighted by Gasteiger charge is -2.25. The van der Waals surface area contributed by atoms with Gasteiger partial charge in [0.05, 0.1) is 17.2 Å². The number of nitrogens with one attached hydrogen (secondary N) is 1. The van der Waals surface area contributed by atoms with Gasteiger partial charge in [-0.05, 0) is 64.7 Å². The number of nitrogens with zero attached hydrogens (tertiary/aromatic N) is 2. The highest BCUT2D eigenvalue weighted by Gasteiger charge is 2.26. The van der Waals surface area contributed by atoms with E-state index in [-0.39, 0.29) is 23.6 Å². The summed E-state index contributed by atoms with van der Waals surface area (Å²) in [6.45, 7) is 6.73. The lowest BCUT2D eigenvalue weighted by Crippen LogP contribution is -2.39. The van der Waals surface area contributed by atoms with Gasteiger partial charge in [-0.3, -0.25) is 9.48 Å². The van der Waals surface area contributed by atoms with Crippen molar-refractivity contribution in [3.8, 4) is 0 Å². The molecule has 0 aliphatic heterocycles. The molecule has 147 valence electrons. The van der Waals surface area contributed by atoms with E-state index in [2.05, 4.69) is 47.1 Å². The van der Waals surface area contributed by atoms with Gasteiger partial charge in [0.25, 0.3) is 5.91 Å². The van der Waals surface area contributed by atoms with Gasteiger partial charge in [0.1, 0.15) is 0 Å². The first-order valence-corrected chi connectivity index (χ1v) is 9.65. The summed E-state index contributed by atoms with van der Waals surface area (Å²) < 4.78 is 2.84. The second-order valence-corrected chi connectivity index (χ2v) is 8.58. The maximum absolute atomic E-state index is 12.8. The van der Waals surface area contributed by atoms with Gasteiger partial charge in [-0.1, -0.05) is 15.9 Å². The van der Waals surface area contributed by atoms with E-state index in [9.17, 15) is 9.90 Å². The number of hydrogen-bond acceptors (Lipinski definition) is 4. The molecule has 0 saturated heterocycles. The van der Waals surface area contributed by atoms with Crippen LogP contribution in [-0.2, 0) is 10.3 Å². The van der Waals surface area contributed by atoms with Crippen molar-refractivity contribution in [2.45, 2.75) is 64.1 Å². The molecular formula is C19H25BrN3O4. The number of aromatic nitrogens is 2. The van der Waals surface area contributed by atoms with Gasteiger partial charge in [0.15, 0.2) is 5.69 Å². The molecule has 1 aromatic carbocycles. The van der Waals surface area contributed by atoms with Crippen molar-refractivity contribution in [1.82, 2.24) is 15.1 Å². The summed E-state index contributed by atoms with van der Waals surface area (Å²) in [4.78, 5) is 21.0. The van der Waals surface area contributed by atoms with Crippen molar-refractivity contribution >= 4 is 39.2 Å². The number of aliphatic hydroxyl groups is 1. The quantitative estimate of drug-likeness (QED) is 0.667. The Morgan fingerprint density at radius 2 is 1.89 bits per heavy atom. The largest absolute Gasteiger partial charge is 0.473 e. The van der Waals surface area contributed by atoms with Crippen molar-refractivity contribution < 1.29 is 19.8 Å².